The number of ether oxygens (including phenoxy) is 1. The molecule has 2 N–H and O–H groups in total. The van der Waals surface area contributed by atoms with Crippen molar-refractivity contribution < 1.29 is 4.74 Å². The summed E-state index contributed by atoms with van der Waals surface area (Å²) in [5.41, 5.74) is 7.48. The molecule has 0 radical (unpaired) electrons. The van der Waals surface area contributed by atoms with E-state index in [0.29, 0.717) is 12.0 Å². The van der Waals surface area contributed by atoms with E-state index in [1.807, 2.05) is 0 Å². The average molecular weight is 288 g/mol. The lowest BCUT2D eigenvalue weighted by atomic mass is 9.84. The first-order valence-electron chi connectivity index (χ1n) is 8.52. The Bertz CT molecular complexity index is 441. The second kappa shape index (κ2) is 6.80. The zero-order valence-electron chi connectivity index (χ0n) is 13.1. The van der Waals surface area contributed by atoms with Gasteiger partial charge in [-0.05, 0) is 68.8 Å². The van der Waals surface area contributed by atoms with Crippen LogP contribution in [0.4, 0.5) is 0 Å². The molecule has 2 aliphatic rings. The van der Waals surface area contributed by atoms with Gasteiger partial charge in [-0.1, -0.05) is 19.1 Å². The zero-order valence-corrected chi connectivity index (χ0v) is 13.1. The number of likely N-dealkylation sites (tertiary alicyclic amines) is 1. The lowest BCUT2D eigenvalue weighted by Gasteiger charge is -2.41. The average Bonchev–Trinajstić information content (AvgIpc) is 3.37. The molecule has 3 heteroatoms. The van der Waals surface area contributed by atoms with Crippen LogP contribution in [0.15, 0.2) is 24.3 Å². The Balaban J connectivity index is 1.77. The summed E-state index contributed by atoms with van der Waals surface area (Å²) in [6, 6.07) is 10.1. The molecule has 1 aliphatic carbocycles. The quantitative estimate of drug-likeness (QED) is 0.872. The molecule has 21 heavy (non-hydrogen) atoms. The van der Waals surface area contributed by atoms with Crippen molar-refractivity contribution in [2.75, 3.05) is 19.7 Å². The van der Waals surface area contributed by atoms with E-state index in [-0.39, 0.29) is 0 Å². The van der Waals surface area contributed by atoms with Crippen LogP contribution >= 0.6 is 0 Å². The van der Waals surface area contributed by atoms with Gasteiger partial charge in [0.25, 0.3) is 0 Å². The van der Waals surface area contributed by atoms with Gasteiger partial charge in [0.15, 0.2) is 0 Å². The molecule has 1 heterocycles. The number of benzene rings is 1. The second-order valence-corrected chi connectivity index (χ2v) is 6.47. The maximum Gasteiger partial charge on any atom is 0.119 e. The number of hydrogen-bond acceptors (Lipinski definition) is 3. The van der Waals surface area contributed by atoms with Gasteiger partial charge in [0.1, 0.15) is 5.75 Å². The smallest absolute Gasteiger partial charge is 0.119 e. The molecule has 3 nitrogen and oxygen atoms in total. The SMILES string of the molecule is CCCOc1ccc(C2C(CN)CCCN2C2CC2)cc1. The second-order valence-electron chi connectivity index (χ2n) is 6.47. The number of piperidine rings is 1. The van der Waals surface area contributed by atoms with Crippen LogP contribution in [0.3, 0.4) is 0 Å². The van der Waals surface area contributed by atoms with E-state index < -0.39 is 0 Å². The molecule has 3 rings (SSSR count). The summed E-state index contributed by atoms with van der Waals surface area (Å²) in [7, 11) is 0. The van der Waals surface area contributed by atoms with Crippen molar-refractivity contribution >= 4 is 0 Å². The summed E-state index contributed by atoms with van der Waals surface area (Å²) < 4.78 is 5.70. The van der Waals surface area contributed by atoms with E-state index in [9.17, 15) is 0 Å². The highest BCUT2D eigenvalue weighted by molar-refractivity contribution is 5.30. The first-order chi connectivity index (χ1) is 10.3. The fourth-order valence-electron chi connectivity index (χ4n) is 3.61. The van der Waals surface area contributed by atoms with E-state index in [2.05, 4.69) is 36.1 Å². The summed E-state index contributed by atoms with van der Waals surface area (Å²) in [5, 5.41) is 0. The number of hydrogen-bond donors (Lipinski definition) is 1. The fourth-order valence-corrected chi connectivity index (χ4v) is 3.61. The largest absolute Gasteiger partial charge is 0.494 e. The van der Waals surface area contributed by atoms with Crippen LogP contribution in [0.5, 0.6) is 5.75 Å². The van der Waals surface area contributed by atoms with E-state index in [0.717, 1.165) is 31.4 Å². The Morgan fingerprint density at radius 2 is 1.95 bits per heavy atom. The topological polar surface area (TPSA) is 38.5 Å². The van der Waals surface area contributed by atoms with Crippen molar-refractivity contribution in [3.8, 4) is 5.75 Å². The van der Waals surface area contributed by atoms with Crippen LogP contribution in [0, 0.1) is 5.92 Å². The first kappa shape index (κ1) is 14.9. The molecule has 1 aromatic carbocycles. The Morgan fingerprint density at radius 3 is 2.57 bits per heavy atom. The Morgan fingerprint density at radius 1 is 1.19 bits per heavy atom. The molecule has 2 fully saturated rings. The van der Waals surface area contributed by atoms with Gasteiger partial charge in [0.2, 0.25) is 0 Å². The summed E-state index contributed by atoms with van der Waals surface area (Å²) in [5.74, 6) is 1.58. The molecule has 2 unspecified atom stereocenters. The standard InChI is InChI=1S/C18H28N2O/c1-2-12-21-17-9-5-14(6-10-17)18-15(13-19)4-3-11-20(18)16-7-8-16/h5-6,9-10,15-16,18H,2-4,7-8,11-13,19H2,1H3. The minimum absolute atomic E-state index is 0.511. The summed E-state index contributed by atoms with van der Waals surface area (Å²) in [4.78, 5) is 2.71. The van der Waals surface area contributed by atoms with E-state index in [1.165, 1.54) is 37.8 Å². The van der Waals surface area contributed by atoms with Gasteiger partial charge in [-0.3, -0.25) is 4.90 Å². The van der Waals surface area contributed by atoms with Crippen LogP contribution in [-0.2, 0) is 0 Å². The van der Waals surface area contributed by atoms with Gasteiger partial charge < -0.3 is 10.5 Å². The molecule has 2 atom stereocenters. The molecule has 1 saturated heterocycles. The molecule has 1 saturated carbocycles. The molecule has 116 valence electrons. The van der Waals surface area contributed by atoms with Crippen molar-refractivity contribution in [2.45, 2.75) is 51.1 Å². The zero-order chi connectivity index (χ0) is 14.7. The van der Waals surface area contributed by atoms with Crippen LogP contribution in [-0.4, -0.2) is 30.6 Å². The normalized spacial score (nSPS) is 26.8. The Kier molecular flexibility index (Phi) is 4.81. The van der Waals surface area contributed by atoms with Gasteiger partial charge in [-0.2, -0.15) is 0 Å². The third-order valence-corrected chi connectivity index (χ3v) is 4.81. The van der Waals surface area contributed by atoms with E-state index >= 15 is 0 Å². The predicted molar refractivity (Wildman–Crippen MR) is 86.5 cm³/mol. The Hall–Kier alpha value is -1.06. The van der Waals surface area contributed by atoms with Crippen LogP contribution < -0.4 is 10.5 Å². The van der Waals surface area contributed by atoms with Crippen molar-refractivity contribution in [2.24, 2.45) is 11.7 Å². The van der Waals surface area contributed by atoms with E-state index in [4.69, 9.17) is 10.5 Å². The highest BCUT2D eigenvalue weighted by Crippen LogP contribution is 2.42. The summed E-state index contributed by atoms with van der Waals surface area (Å²) in [6.07, 6.45) is 6.34. The lowest BCUT2D eigenvalue weighted by molar-refractivity contribution is 0.0879. The molecule has 0 spiro atoms. The highest BCUT2D eigenvalue weighted by atomic mass is 16.5. The molecular formula is C18H28N2O. The lowest BCUT2D eigenvalue weighted by Crippen LogP contribution is -2.42. The predicted octanol–water partition coefficient (Wildman–Crippen LogP) is 3.35. The van der Waals surface area contributed by atoms with Gasteiger partial charge in [0, 0.05) is 12.1 Å². The molecule has 0 amide bonds. The molecule has 0 bridgehead atoms. The van der Waals surface area contributed by atoms with Crippen molar-refractivity contribution in [1.82, 2.24) is 4.90 Å². The molecule has 0 aromatic heterocycles. The third kappa shape index (κ3) is 3.41. The maximum absolute atomic E-state index is 6.06. The Labute approximate surface area is 128 Å². The first-order valence-corrected chi connectivity index (χ1v) is 8.52. The van der Waals surface area contributed by atoms with E-state index in [1.54, 1.807) is 0 Å². The number of rotatable bonds is 6. The monoisotopic (exact) mass is 288 g/mol. The number of nitrogens with zero attached hydrogens (tertiary/aromatic N) is 1. The van der Waals surface area contributed by atoms with Gasteiger partial charge >= 0.3 is 0 Å². The maximum atomic E-state index is 6.06. The molecule has 1 aromatic rings. The molecular weight excluding hydrogens is 260 g/mol. The summed E-state index contributed by atoms with van der Waals surface area (Å²) >= 11 is 0. The van der Waals surface area contributed by atoms with Crippen LogP contribution in [0.25, 0.3) is 0 Å². The fraction of sp³-hybridized carbons (Fsp3) is 0.667. The van der Waals surface area contributed by atoms with Gasteiger partial charge in [-0.25, -0.2) is 0 Å². The van der Waals surface area contributed by atoms with Gasteiger partial charge in [-0.15, -0.1) is 0 Å². The van der Waals surface area contributed by atoms with Crippen LogP contribution in [0.2, 0.25) is 0 Å². The van der Waals surface area contributed by atoms with Crippen molar-refractivity contribution in [1.29, 1.82) is 0 Å². The van der Waals surface area contributed by atoms with Crippen molar-refractivity contribution in [3.05, 3.63) is 29.8 Å². The van der Waals surface area contributed by atoms with Crippen LogP contribution in [0.1, 0.15) is 50.6 Å². The number of nitrogens with two attached hydrogens (primary N) is 1. The highest BCUT2D eigenvalue weighted by Gasteiger charge is 2.39. The third-order valence-electron chi connectivity index (χ3n) is 4.81. The minimum atomic E-state index is 0.511. The minimum Gasteiger partial charge on any atom is -0.494 e. The summed E-state index contributed by atoms with van der Waals surface area (Å²) in [6.45, 7) is 4.96. The van der Waals surface area contributed by atoms with Crippen molar-refractivity contribution in [3.63, 3.8) is 0 Å². The molecule has 1 aliphatic heterocycles. The van der Waals surface area contributed by atoms with Gasteiger partial charge in [0.05, 0.1) is 6.61 Å².